The minimum Gasteiger partial charge on any atom is -0.493 e. The molecule has 3 amide bonds. The van der Waals surface area contributed by atoms with E-state index in [1.165, 1.54) is 26.2 Å². The summed E-state index contributed by atoms with van der Waals surface area (Å²) in [5.74, 6) is 1.21. The van der Waals surface area contributed by atoms with E-state index in [2.05, 4.69) is 5.32 Å². The molecule has 8 heteroatoms. The Morgan fingerprint density at radius 1 is 1.06 bits per heavy atom. The van der Waals surface area contributed by atoms with E-state index in [0.717, 1.165) is 22.4 Å². The molecule has 0 aliphatic carbocycles. The number of fused-ring (bicyclic) bond motifs is 1. The van der Waals surface area contributed by atoms with Gasteiger partial charge in [0.2, 0.25) is 5.75 Å². The number of methoxy groups -OCH3 is 3. The summed E-state index contributed by atoms with van der Waals surface area (Å²) in [7, 11) is 9.61. The highest BCUT2D eigenvalue weighted by Crippen LogP contribution is 2.45. The van der Waals surface area contributed by atoms with Gasteiger partial charge in [0, 0.05) is 38.8 Å². The molecule has 0 fully saturated rings. The lowest BCUT2D eigenvalue weighted by molar-refractivity contribution is -0.123. The zero-order valence-corrected chi connectivity index (χ0v) is 19.0. The second kappa shape index (κ2) is 8.37. The van der Waals surface area contributed by atoms with Gasteiger partial charge in [0.25, 0.3) is 5.91 Å². The number of likely N-dealkylation sites (N-methyl/N-ethyl adjacent to an activating group) is 1. The number of carbonyl (C=O) groups is 2. The molecule has 1 aliphatic heterocycles. The second-order valence-corrected chi connectivity index (χ2v) is 7.83. The standard InChI is InChI=1S/C23H29N3O5/c1-14-8-9-17-16(10-14)23(21(27)26(17)4,24-22(28)25(2)3)13-15-11-18(29-5)20(31-7)19(12-15)30-6/h8-12H,13H2,1-7H3,(H,24,28). The fourth-order valence-corrected chi connectivity index (χ4v) is 3.97. The van der Waals surface area contributed by atoms with Gasteiger partial charge in [-0.1, -0.05) is 17.7 Å². The molecule has 31 heavy (non-hydrogen) atoms. The van der Waals surface area contributed by atoms with Crippen molar-refractivity contribution in [2.24, 2.45) is 0 Å². The maximum atomic E-state index is 13.6. The summed E-state index contributed by atoms with van der Waals surface area (Å²) in [6, 6.07) is 9.04. The van der Waals surface area contributed by atoms with E-state index in [4.69, 9.17) is 14.2 Å². The summed E-state index contributed by atoms with van der Waals surface area (Å²) in [5, 5.41) is 2.99. The van der Waals surface area contributed by atoms with Gasteiger partial charge in [0.1, 0.15) is 0 Å². The lowest BCUT2D eigenvalue weighted by Gasteiger charge is -2.31. The van der Waals surface area contributed by atoms with E-state index < -0.39 is 5.54 Å². The second-order valence-electron chi connectivity index (χ2n) is 7.83. The zero-order chi connectivity index (χ0) is 22.9. The maximum absolute atomic E-state index is 13.6. The van der Waals surface area contributed by atoms with Gasteiger partial charge >= 0.3 is 6.03 Å². The van der Waals surface area contributed by atoms with Crippen LogP contribution in [0.5, 0.6) is 17.2 Å². The lowest BCUT2D eigenvalue weighted by Crippen LogP contribution is -2.56. The molecule has 8 nitrogen and oxygen atoms in total. The first-order valence-corrected chi connectivity index (χ1v) is 9.86. The number of nitrogens with zero attached hydrogens (tertiary/aromatic N) is 2. The molecular formula is C23H29N3O5. The van der Waals surface area contributed by atoms with Crippen molar-refractivity contribution in [1.82, 2.24) is 10.2 Å². The predicted octanol–water partition coefficient (Wildman–Crippen LogP) is 2.71. The highest BCUT2D eigenvalue weighted by atomic mass is 16.5. The molecule has 0 bridgehead atoms. The third-order valence-corrected chi connectivity index (χ3v) is 5.56. The van der Waals surface area contributed by atoms with Crippen molar-refractivity contribution in [3.8, 4) is 17.2 Å². The Bertz CT molecular complexity index is 995. The smallest absolute Gasteiger partial charge is 0.318 e. The molecule has 3 rings (SSSR count). The monoisotopic (exact) mass is 427 g/mol. The van der Waals surface area contributed by atoms with Crippen LogP contribution in [-0.4, -0.2) is 59.3 Å². The lowest BCUT2D eigenvalue weighted by atomic mass is 9.84. The van der Waals surface area contributed by atoms with Crippen LogP contribution in [0.15, 0.2) is 30.3 Å². The third-order valence-electron chi connectivity index (χ3n) is 5.56. The van der Waals surface area contributed by atoms with Crippen LogP contribution in [-0.2, 0) is 16.8 Å². The summed E-state index contributed by atoms with van der Waals surface area (Å²) >= 11 is 0. The summed E-state index contributed by atoms with van der Waals surface area (Å²) in [5.41, 5.74) is 1.99. The summed E-state index contributed by atoms with van der Waals surface area (Å²) in [4.78, 5) is 29.4. The van der Waals surface area contributed by atoms with Gasteiger partial charge in [-0.15, -0.1) is 0 Å². The molecule has 1 unspecified atom stereocenters. The minimum absolute atomic E-state index is 0.211. The zero-order valence-electron chi connectivity index (χ0n) is 19.0. The fourth-order valence-electron chi connectivity index (χ4n) is 3.97. The average Bonchev–Trinajstić information content (AvgIpc) is 2.94. The number of urea groups is 1. The van der Waals surface area contributed by atoms with Gasteiger partial charge in [-0.3, -0.25) is 4.79 Å². The van der Waals surface area contributed by atoms with Crippen molar-refractivity contribution in [3.63, 3.8) is 0 Å². The fraction of sp³-hybridized carbons (Fsp3) is 0.391. The van der Waals surface area contributed by atoms with Crippen molar-refractivity contribution in [2.45, 2.75) is 18.9 Å². The van der Waals surface area contributed by atoms with Crippen LogP contribution in [0.3, 0.4) is 0 Å². The molecule has 0 saturated carbocycles. The molecule has 2 aromatic carbocycles. The van der Waals surface area contributed by atoms with Crippen molar-refractivity contribution >= 4 is 17.6 Å². The number of anilines is 1. The summed E-state index contributed by atoms with van der Waals surface area (Å²) in [6.07, 6.45) is 0.211. The number of amides is 3. The Morgan fingerprint density at radius 2 is 1.68 bits per heavy atom. The van der Waals surface area contributed by atoms with Crippen LogP contribution >= 0.6 is 0 Å². The third kappa shape index (κ3) is 3.73. The Balaban J connectivity index is 2.20. The molecule has 1 N–H and O–H groups in total. The van der Waals surface area contributed by atoms with Crippen LogP contribution in [0.2, 0.25) is 0 Å². The van der Waals surface area contributed by atoms with Crippen molar-refractivity contribution < 1.29 is 23.8 Å². The van der Waals surface area contributed by atoms with Crippen molar-refractivity contribution in [2.75, 3.05) is 47.4 Å². The number of carbonyl (C=O) groups excluding carboxylic acids is 2. The molecular weight excluding hydrogens is 398 g/mol. The van der Waals surface area contributed by atoms with Crippen LogP contribution in [0, 0.1) is 6.92 Å². The van der Waals surface area contributed by atoms with E-state index in [1.807, 2.05) is 25.1 Å². The van der Waals surface area contributed by atoms with Gasteiger partial charge in [-0.05, 0) is 30.7 Å². The Labute approximate surface area is 182 Å². The van der Waals surface area contributed by atoms with E-state index in [0.29, 0.717) is 17.2 Å². The van der Waals surface area contributed by atoms with Crippen molar-refractivity contribution in [1.29, 1.82) is 0 Å². The Kier molecular flexibility index (Phi) is 6.01. The highest BCUT2D eigenvalue weighted by molar-refractivity contribution is 6.09. The molecule has 1 heterocycles. The molecule has 166 valence electrons. The van der Waals surface area contributed by atoms with Crippen LogP contribution in [0.25, 0.3) is 0 Å². The van der Waals surface area contributed by atoms with E-state index in [-0.39, 0.29) is 18.4 Å². The molecule has 1 aliphatic rings. The summed E-state index contributed by atoms with van der Waals surface area (Å²) in [6.45, 7) is 1.96. The van der Waals surface area contributed by atoms with Gasteiger partial charge in [0.15, 0.2) is 17.0 Å². The summed E-state index contributed by atoms with van der Waals surface area (Å²) < 4.78 is 16.4. The Morgan fingerprint density at radius 3 is 2.19 bits per heavy atom. The first-order chi connectivity index (χ1) is 14.7. The molecule has 0 aromatic heterocycles. The van der Waals surface area contributed by atoms with Crippen LogP contribution in [0.4, 0.5) is 10.5 Å². The van der Waals surface area contributed by atoms with Crippen molar-refractivity contribution in [3.05, 3.63) is 47.0 Å². The number of hydrogen-bond donors (Lipinski definition) is 1. The molecule has 1 atom stereocenters. The topological polar surface area (TPSA) is 80.3 Å². The SMILES string of the molecule is COc1cc(CC2(NC(=O)N(C)C)C(=O)N(C)c3ccc(C)cc32)cc(OC)c1OC. The quantitative estimate of drug-likeness (QED) is 0.767. The van der Waals surface area contributed by atoms with E-state index in [1.54, 1.807) is 38.2 Å². The van der Waals surface area contributed by atoms with E-state index >= 15 is 0 Å². The number of ether oxygens (including phenoxy) is 3. The highest BCUT2D eigenvalue weighted by Gasteiger charge is 2.51. The number of benzene rings is 2. The number of nitrogens with one attached hydrogen (secondary N) is 1. The van der Waals surface area contributed by atoms with Gasteiger partial charge in [0.05, 0.1) is 21.3 Å². The predicted molar refractivity (Wildman–Crippen MR) is 118 cm³/mol. The number of hydrogen-bond acceptors (Lipinski definition) is 5. The van der Waals surface area contributed by atoms with Crippen LogP contribution < -0.4 is 24.4 Å². The van der Waals surface area contributed by atoms with Gasteiger partial charge < -0.3 is 29.3 Å². The minimum atomic E-state index is -1.28. The molecule has 0 radical (unpaired) electrons. The van der Waals surface area contributed by atoms with Gasteiger partial charge in [-0.2, -0.15) is 0 Å². The first-order valence-electron chi connectivity index (χ1n) is 9.86. The number of aryl methyl sites for hydroxylation is 1. The number of rotatable bonds is 6. The first kappa shape index (κ1) is 22.3. The molecule has 2 aromatic rings. The van der Waals surface area contributed by atoms with Crippen LogP contribution in [0.1, 0.15) is 16.7 Å². The van der Waals surface area contributed by atoms with Gasteiger partial charge in [-0.25, -0.2) is 4.79 Å². The van der Waals surface area contributed by atoms with E-state index in [9.17, 15) is 9.59 Å². The molecule has 0 spiro atoms. The average molecular weight is 428 g/mol. The maximum Gasteiger partial charge on any atom is 0.318 e. The largest absolute Gasteiger partial charge is 0.493 e. The molecule has 0 saturated heterocycles. The Hall–Kier alpha value is -3.42. The normalized spacial score (nSPS) is 17.3.